The molecule has 2 aliphatic heterocycles. The maximum absolute atomic E-state index is 12.5. The third-order valence-electron chi connectivity index (χ3n) is 6.30. The van der Waals surface area contributed by atoms with Crippen LogP contribution in [-0.4, -0.2) is 38.7 Å². The van der Waals surface area contributed by atoms with Crippen LogP contribution >= 0.6 is 0 Å². The molecule has 0 spiro atoms. The molecular weight excluding hydrogens is 394 g/mol. The quantitative estimate of drug-likeness (QED) is 0.659. The van der Waals surface area contributed by atoms with Crippen molar-refractivity contribution in [3.05, 3.63) is 68.0 Å². The minimum absolute atomic E-state index is 0.0599. The second-order valence-corrected chi connectivity index (χ2v) is 8.12. The number of carbonyl (C=O) groups is 1. The first kappa shape index (κ1) is 19.4. The highest BCUT2D eigenvalue weighted by Crippen LogP contribution is 2.35. The number of amides is 1. The van der Waals surface area contributed by atoms with Gasteiger partial charge in [0.2, 0.25) is 10.9 Å². The van der Waals surface area contributed by atoms with Crippen LogP contribution in [0.2, 0.25) is 0 Å². The molecule has 0 saturated carbocycles. The van der Waals surface area contributed by atoms with Gasteiger partial charge in [-0.3, -0.25) is 14.4 Å². The Balaban J connectivity index is 1.39. The van der Waals surface area contributed by atoms with Gasteiger partial charge in [-0.1, -0.05) is 18.2 Å². The molecule has 5 rings (SSSR count). The van der Waals surface area contributed by atoms with Crippen molar-refractivity contribution in [2.24, 2.45) is 0 Å². The lowest BCUT2D eigenvalue weighted by atomic mass is 9.96. The van der Waals surface area contributed by atoms with Crippen LogP contribution < -0.4 is 30.7 Å². The van der Waals surface area contributed by atoms with E-state index in [0.717, 1.165) is 13.1 Å². The fourth-order valence-corrected chi connectivity index (χ4v) is 4.43. The fourth-order valence-electron chi connectivity index (χ4n) is 4.43. The molecule has 1 N–H and O–H groups in total. The number of nitrogens with zero attached hydrogens (tertiary/aromatic N) is 2. The smallest absolute Gasteiger partial charge is 0.262 e. The average molecular weight is 417 g/mol. The van der Waals surface area contributed by atoms with Gasteiger partial charge in [-0.2, -0.15) is 0 Å². The van der Waals surface area contributed by atoms with Crippen LogP contribution in [-0.2, 0) is 4.79 Å². The van der Waals surface area contributed by atoms with Crippen molar-refractivity contribution in [1.82, 2.24) is 0 Å². The van der Waals surface area contributed by atoms with Gasteiger partial charge in [0.25, 0.3) is 5.91 Å². The number of benzene rings is 2. The van der Waals surface area contributed by atoms with Gasteiger partial charge in [0.15, 0.2) is 6.61 Å². The van der Waals surface area contributed by atoms with Crippen molar-refractivity contribution >= 4 is 23.0 Å². The molecule has 0 bridgehead atoms. The van der Waals surface area contributed by atoms with Gasteiger partial charge in [0.1, 0.15) is 11.4 Å². The number of ether oxygens (including phenoxy) is 1. The van der Waals surface area contributed by atoms with Gasteiger partial charge < -0.3 is 19.9 Å². The van der Waals surface area contributed by atoms with E-state index in [1.54, 1.807) is 18.2 Å². The normalized spacial score (nSPS) is 16.1. The summed E-state index contributed by atoms with van der Waals surface area (Å²) in [6.07, 6.45) is 0. The number of carbonyl (C=O) groups excluding carboxylic acids is 1. The zero-order chi connectivity index (χ0) is 21.7. The van der Waals surface area contributed by atoms with E-state index in [0.29, 0.717) is 41.3 Å². The Hall–Kier alpha value is -3.61. The molecule has 2 aliphatic rings. The minimum Gasteiger partial charge on any atom is -0.482 e. The Bertz CT molecular complexity index is 1260. The van der Waals surface area contributed by atoms with Crippen LogP contribution in [0.15, 0.2) is 46.0 Å². The standard InChI is InChI=1S/C24H23N3O4/c1-14-4-3-5-18(15(14)2)26-8-10-27(11-9-26)22-21(23(29)24(22)30)16-6-7-17-19(12-16)31-13-20(28)25-17/h3-7,12H,8-11,13H2,1-2H3,(H,25,28). The maximum atomic E-state index is 12.5. The Morgan fingerprint density at radius 2 is 1.65 bits per heavy atom. The highest BCUT2D eigenvalue weighted by molar-refractivity contribution is 5.96. The van der Waals surface area contributed by atoms with E-state index in [1.807, 2.05) is 4.90 Å². The van der Waals surface area contributed by atoms with Crippen molar-refractivity contribution in [2.45, 2.75) is 13.8 Å². The zero-order valence-electron chi connectivity index (χ0n) is 17.5. The van der Waals surface area contributed by atoms with E-state index in [4.69, 9.17) is 4.74 Å². The van der Waals surface area contributed by atoms with Gasteiger partial charge in [-0.15, -0.1) is 0 Å². The van der Waals surface area contributed by atoms with Gasteiger partial charge in [0, 0.05) is 31.9 Å². The van der Waals surface area contributed by atoms with Crippen LogP contribution in [0.25, 0.3) is 11.1 Å². The van der Waals surface area contributed by atoms with Crippen molar-refractivity contribution < 1.29 is 9.53 Å². The lowest BCUT2D eigenvalue weighted by Gasteiger charge is -2.39. The molecule has 7 heteroatoms. The number of hydrogen-bond donors (Lipinski definition) is 1. The van der Waals surface area contributed by atoms with E-state index in [1.165, 1.54) is 16.8 Å². The Labute approximate surface area is 179 Å². The summed E-state index contributed by atoms with van der Waals surface area (Å²) in [5.41, 5.74) is 5.00. The van der Waals surface area contributed by atoms with Crippen molar-refractivity contribution in [3.8, 4) is 16.9 Å². The lowest BCUT2D eigenvalue weighted by Crippen LogP contribution is -2.51. The molecule has 2 heterocycles. The minimum atomic E-state index is -0.466. The first-order chi connectivity index (χ1) is 14.9. The molecule has 1 fully saturated rings. The molecule has 0 atom stereocenters. The fraction of sp³-hybridized carbons (Fsp3) is 0.292. The number of nitrogens with one attached hydrogen (secondary N) is 1. The third kappa shape index (κ3) is 3.17. The van der Waals surface area contributed by atoms with Crippen molar-refractivity contribution in [2.75, 3.05) is 47.9 Å². The zero-order valence-corrected chi connectivity index (χ0v) is 17.5. The molecule has 7 nitrogen and oxygen atoms in total. The highest BCUT2D eigenvalue weighted by atomic mass is 16.5. The van der Waals surface area contributed by atoms with Crippen molar-refractivity contribution in [1.29, 1.82) is 0 Å². The van der Waals surface area contributed by atoms with Crippen molar-refractivity contribution in [3.63, 3.8) is 0 Å². The highest BCUT2D eigenvalue weighted by Gasteiger charge is 2.30. The van der Waals surface area contributed by atoms with E-state index >= 15 is 0 Å². The maximum Gasteiger partial charge on any atom is 0.262 e. The molecule has 0 radical (unpaired) electrons. The van der Waals surface area contributed by atoms with E-state index < -0.39 is 10.9 Å². The van der Waals surface area contributed by atoms with Gasteiger partial charge in [-0.25, -0.2) is 0 Å². The number of fused-ring (bicyclic) bond motifs is 1. The summed E-state index contributed by atoms with van der Waals surface area (Å²) in [7, 11) is 0. The second kappa shape index (κ2) is 7.27. The number of piperazine rings is 1. The predicted molar refractivity (Wildman–Crippen MR) is 121 cm³/mol. The second-order valence-electron chi connectivity index (χ2n) is 8.12. The molecule has 0 unspecified atom stereocenters. The van der Waals surface area contributed by atoms with Crippen LogP contribution in [0.5, 0.6) is 5.75 Å². The average Bonchev–Trinajstić information content (AvgIpc) is 2.78. The van der Waals surface area contributed by atoms with Gasteiger partial charge in [0.05, 0.1) is 11.3 Å². The predicted octanol–water partition coefficient (Wildman–Crippen LogP) is 2.22. The third-order valence-corrected chi connectivity index (χ3v) is 6.30. The molecule has 0 aliphatic carbocycles. The number of anilines is 3. The SMILES string of the molecule is Cc1cccc(N2CCN(c3c(-c4ccc5c(c4)OCC(=O)N5)c(=O)c3=O)CC2)c1C. The van der Waals surface area contributed by atoms with Gasteiger partial charge >= 0.3 is 0 Å². The van der Waals surface area contributed by atoms with Crippen LogP contribution in [0.1, 0.15) is 11.1 Å². The summed E-state index contributed by atoms with van der Waals surface area (Å²) < 4.78 is 5.47. The van der Waals surface area contributed by atoms with E-state index in [2.05, 4.69) is 42.3 Å². The number of rotatable bonds is 3. The molecular formula is C24H23N3O4. The monoisotopic (exact) mass is 417 g/mol. The topological polar surface area (TPSA) is 79.0 Å². The summed E-state index contributed by atoms with van der Waals surface area (Å²) in [6.45, 7) is 7.08. The molecule has 1 amide bonds. The summed E-state index contributed by atoms with van der Waals surface area (Å²) in [6, 6.07) is 11.5. The molecule has 1 saturated heterocycles. The van der Waals surface area contributed by atoms with E-state index in [9.17, 15) is 14.4 Å². The molecule has 158 valence electrons. The molecule has 0 aromatic heterocycles. The lowest BCUT2D eigenvalue weighted by molar-refractivity contribution is -0.118. The summed E-state index contributed by atoms with van der Waals surface area (Å²) in [4.78, 5) is 40.8. The Morgan fingerprint density at radius 1 is 0.903 bits per heavy atom. The Morgan fingerprint density at radius 3 is 2.42 bits per heavy atom. The number of hydrogen-bond acceptors (Lipinski definition) is 6. The molecule has 3 aromatic carbocycles. The number of aryl methyl sites for hydroxylation is 1. The molecule has 3 aromatic rings. The van der Waals surface area contributed by atoms with Crippen LogP contribution in [0.3, 0.4) is 0 Å². The first-order valence-electron chi connectivity index (χ1n) is 10.4. The van der Waals surface area contributed by atoms with E-state index in [-0.39, 0.29) is 12.5 Å². The Kier molecular flexibility index (Phi) is 4.54. The van der Waals surface area contributed by atoms with Crippen LogP contribution in [0.4, 0.5) is 17.1 Å². The summed E-state index contributed by atoms with van der Waals surface area (Å²) in [5.74, 6) is 0.299. The first-order valence-corrected chi connectivity index (χ1v) is 10.4. The molecule has 31 heavy (non-hydrogen) atoms. The largest absolute Gasteiger partial charge is 0.482 e. The summed E-state index contributed by atoms with van der Waals surface area (Å²) >= 11 is 0. The summed E-state index contributed by atoms with van der Waals surface area (Å²) in [5, 5.41) is 2.74. The van der Waals surface area contributed by atoms with Crippen LogP contribution in [0, 0.1) is 13.8 Å². The van der Waals surface area contributed by atoms with Gasteiger partial charge in [-0.05, 0) is 48.7 Å².